The van der Waals surface area contributed by atoms with E-state index >= 15 is 0 Å². The van der Waals surface area contributed by atoms with Gasteiger partial charge >= 0.3 is 0 Å². The summed E-state index contributed by atoms with van der Waals surface area (Å²) in [6.45, 7) is 0.682. The van der Waals surface area contributed by atoms with Crippen molar-refractivity contribution in [1.82, 2.24) is 10.6 Å². The zero-order valence-corrected chi connectivity index (χ0v) is 16.0. The van der Waals surface area contributed by atoms with E-state index in [1.54, 1.807) is 26.4 Å². The molecule has 0 heterocycles. The average molecular weight is 380 g/mol. The van der Waals surface area contributed by atoms with Gasteiger partial charge in [0.2, 0.25) is 11.8 Å². The molecule has 28 heavy (non-hydrogen) atoms. The van der Waals surface area contributed by atoms with Crippen molar-refractivity contribution in [3.63, 3.8) is 0 Å². The topological polar surface area (TPSA) is 76.7 Å². The van der Waals surface area contributed by atoms with Crippen LogP contribution in [0.25, 0.3) is 12.2 Å². The van der Waals surface area contributed by atoms with E-state index in [2.05, 4.69) is 10.6 Å². The van der Waals surface area contributed by atoms with E-state index in [9.17, 15) is 9.59 Å². The Kier molecular flexibility index (Phi) is 8.33. The predicted molar refractivity (Wildman–Crippen MR) is 110 cm³/mol. The number of carbonyl (C=O) groups excluding carboxylic acids is 2. The van der Waals surface area contributed by atoms with Crippen LogP contribution in [0.15, 0.2) is 60.7 Å². The number of nitrogens with one attached hydrogen (secondary N) is 2. The number of methoxy groups -OCH3 is 2. The molecule has 2 rings (SSSR count). The molecular weight excluding hydrogens is 356 g/mol. The molecule has 6 heteroatoms. The summed E-state index contributed by atoms with van der Waals surface area (Å²) in [7, 11) is 3.21. The molecule has 0 aliphatic carbocycles. The van der Waals surface area contributed by atoms with Crippen molar-refractivity contribution >= 4 is 24.0 Å². The van der Waals surface area contributed by atoms with Gasteiger partial charge in [0.25, 0.3) is 0 Å². The first-order valence-corrected chi connectivity index (χ1v) is 8.80. The summed E-state index contributed by atoms with van der Waals surface area (Å²) in [4.78, 5) is 23.6. The Morgan fingerprint density at radius 3 is 1.39 bits per heavy atom. The molecule has 2 amide bonds. The Morgan fingerprint density at radius 2 is 1.07 bits per heavy atom. The molecule has 0 bridgehead atoms. The van der Waals surface area contributed by atoms with E-state index in [0.717, 1.165) is 22.6 Å². The summed E-state index contributed by atoms with van der Waals surface area (Å²) in [5.74, 6) is 1.08. The molecule has 2 aromatic carbocycles. The van der Waals surface area contributed by atoms with Crippen LogP contribution in [0.5, 0.6) is 11.5 Å². The maximum Gasteiger partial charge on any atom is 0.244 e. The number of benzene rings is 2. The van der Waals surface area contributed by atoms with Crippen LogP contribution in [-0.2, 0) is 9.59 Å². The van der Waals surface area contributed by atoms with Crippen molar-refractivity contribution in [2.24, 2.45) is 0 Å². The normalized spacial score (nSPS) is 10.8. The molecular formula is C22H24N2O4. The lowest BCUT2D eigenvalue weighted by atomic mass is 10.2. The number of ether oxygens (including phenoxy) is 2. The number of amides is 2. The fraction of sp³-hybridized carbons (Fsp3) is 0.182. The Bertz CT molecular complexity index is 753. The maximum atomic E-state index is 11.8. The van der Waals surface area contributed by atoms with Crippen LogP contribution in [0, 0.1) is 0 Å². The SMILES string of the molecule is COc1ccc(C=CC(=O)NCCNC(=O)C=Cc2ccc(OC)cc2)cc1. The Labute approximate surface area is 164 Å². The minimum atomic E-state index is -0.223. The highest BCUT2D eigenvalue weighted by Gasteiger charge is 1.98. The third kappa shape index (κ3) is 7.37. The molecule has 0 radical (unpaired) electrons. The van der Waals surface area contributed by atoms with Gasteiger partial charge in [0.15, 0.2) is 0 Å². The van der Waals surface area contributed by atoms with E-state index in [4.69, 9.17) is 9.47 Å². The fourth-order valence-corrected chi connectivity index (χ4v) is 2.26. The van der Waals surface area contributed by atoms with Crippen molar-refractivity contribution in [2.45, 2.75) is 0 Å². The highest BCUT2D eigenvalue weighted by atomic mass is 16.5. The molecule has 146 valence electrons. The van der Waals surface area contributed by atoms with Crippen molar-refractivity contribution in [2.75, 3.05) is 27.3 Å². The van der Waals surface area contributed by atoms with Crippen LogP contribution in [0.4, 0.5) is 0 Å². The van der Waals surface area contributed by atoms with E-state index in [1.165, 1.54) is 12.2 Å². The zero-order valence-electron chi connectivity index (χ0n) is 16.0. The minimum absolute atomic E-state index is 0.223. The first-order chi connectivity index (χ1) is 13.6. The van der Waals surface area contributed by atoms with Crippen molar-refractivity contribution < 1.29 is 19.1 Å². The molecule has 2 N–H and O–H groups in total. The fourth-order valence-electron chi connectivity index (χ4n) is 2.26. The lowest BCUT2D eigenvalue weighted by Crippen LogP contribution is -2.33. The molecule has 0 fully saturated rings. The van der Waals surface area contributed by atoms with Gasteiger partial charge in [0.1, 0.15) is 11.5 Å². The van der Waals surface area contributed by atoms with Gasteiger partial charge in [0, 0.05) is 25.2 Å². The Hall–Kier alpha value is -3.54. The molecule has 0 atom stereocenters. The predicted octanol–water partition coefficient (Wildman–Crippen LogP) is 2.66. The summed E-state index contributed by atoms with van der Waals surface area (Å²) < 4.78 is 10.2. The van der Waals surface area contributed by atoms with Crippen LogP contribution in [-0.4, -0.2) is 39.1 Å². The van der Waals surface area contributed by atoms with Crippen molar-refractivity contribution in [3.8, 4) is 11.5 Å². The second kappa shape index (κ2) is 11.2. The monoisotopic (exact) mass is 380 g/mol. The maximum absolute atomic E-state index is 11.8. The van der Waals surface area contributed by atoms with Gasteiger partial charge in [-0.05, 0) is 47.5 Å². The first-order valence-electron chi connectivity index (χ1n) is 8.80. The molecule has 0 aliphatic heterocycles. The molecule has 6 nitrogen and oxygen atoms in total. The van der Waals surface area contributed by atoms with Crippen LogP contribution in [0.1, 0.15) is 11.1 Å². The van der Waals surface area contributed by atoms with Gasteiger partial charge in [-0.1, -0.05) is 24.3 Å². The summed E-state index contributed by atoms with van der Waals surface area (Å²) >= 11 is 0. The van der Waals surface area contributed by atoms with Gasteiger partial charge in [-0.3, -0.25) is 9.59 Å². The van der Waals surface area contributed by atoms with Gasteiger partial charge in [-0.2, -0.15) is 0 Å². The van der Waals surface area contributed by atoms with E-state index in [0.29, 0.717) is 13.1 Å². The van der Waals surface area contributed by atoms with Crippen LogP contribution < -0.4 is 20.1 Å². The van der Waals surface area contributed by atoms with Crippen LogP contribution in [0.2, 0.25) is 0 Å². The molecule has 0 aliphatic rings. The third-order valence-corrected chi connectivity index (χ3v) is 3.81. The number of hydrogen-bond donors (Lipinski definition) is 2. The highest BCUT2D eigenvalue weighted by molar-refractivity contribution is 5.92. The number of hydrogen-bond acceptors (Lipinski definition) is 4. The molecule has 0 aromatic heterocycles. The van der Waals surface area contributed by atoms with Crippen LogP contribution >= 0.6 is 0 Å². The highest BCUT2D eigenvalue weighted by Crippen LogP contribution is 2.12. The largest absolute Gasteiger partial charge is 0.497 e. The smallest absolute Gasteiger partial charge is 0.244 e. The minimum Gasteiger partial charge on any atom is -0.497 e. The molecule has 0 unspecified atom stereocenters. The number of rotatable bonds is 9. The van der Waals surface area contributed by atoms with Gasteiger partial charge < -0.3 is 20.1 Å². The zero-order chi connectivity index (χ0) is 20.2. The van der Waals surface area contributed by atoms with Gasteiger partial charge in [0.05, 0.1) is 14.2 Å². The Morgan fingerprint density at radius 1 is 0.714 bits per heavy atom. The summed E-state index contributed by atoms with van der Waals surface area (Å²) in [5.41, 5.74) is 1.79. The third-order valence-electron chi connectivity index (χ3n) is 3.81. The summed E-state index contributed by atoms with van der Waals surface area (Å²) in [6.07, 6.45) is 6.33. The van der Waals surface area contributed by atoms with E-state index < -0.39 is 0 Å². The lowest BCUT2D eigenvalue weighted by Gasteiger charge is -2.03. The molecule has 0 saturated carbocycles. The first kappa shape index (κ1) is 20.8. The molecule has 2 aromatic rings. The molecule has 0 spiro atoms. The van der Waals surface area contributed by atoms with Crippen molar-refractivity contribution in [1.29, 1.82) is 0 Å². The Balaban J connectivity index is 1.66. The van der Waals surface area contributed by atoms with Crippen molar-refractivity contribution in [3.05, 3.63) is 71.8 Å². The lowest BCUT2D eigenvalue weighted by molar-refractivity contribution is -0.118. The summed E-state index contributed by atoms with van der Waals surface area (Å²) in [5, 5.41) is 5.43. The second-order valence-electron chi connectivity index (χ2n) is 5.80. The van der Waals surface area contributed by atoms with E-state index in [1.807, 2.05) is 48.5 Å². The van der Waals surface area contributed by atoms with Gasteiger partial charge in [-0.25, -0.2) is 0 Å². The number of carbonyl (C=O) groups is 2. The molecule has 0 saturated heterocycles. The summed E-state index contributed by atoms with van der Waals surface area (Å²) in [6, 6.07) is 14.7. The van der Waals surface area contributed by atoms with Gasteiger partial charge in [-0.15, -0.1) is 0 Å². The second-order valence-corrected chi connectivity index (χ2v) is 5.80. The van der Waals surface area contributed by atoms with E-state index in [-0.39, 0.29) is 11.8 Å². The standard InChI is InChI=1S/C22H24N2O4/c1-27-19-9-3-17(4-10-19)7-13-21(25)23-15-16-24-22(26)14-8-18-5-11-20(28-2)12-6-18/h3-14H,15-16H2,1-2H3,(H,23,25)(H,24,26). The van der Waals surface area contributed by atoms with Crippen LogP contribution in [0.3, 0.4) is 0 Å². The quantitative estimate of drug-likeness (QED) is 0.518. The average Bonchev–Trinajstić information content (AvgIpc) is 2.74.